The second-order valence-electron chi connectivity index (χ2n) is 5.22. The zero-order valence-corrected chi connectivity index (χ0v) is 13.9. The molecule has 1 unspecified atom stereocenters. The molecule has 0 amide bonds. The lowest BCUT2D eigenvalue weighted by molar-refractivity contribution is -0.0668. The highest BCUT2D eigenvalue weighted by atomic mass is 79.9. The molecule has 0 aliphatic carbocycles. The number of ether oxygens (including phenoxy) is 1. The van der Waals surface area contributed by atoms with Crippen LogP contribution >= 0.6 is 23.8 Å². The monoisotopic (exact) mass is 406 g/mol. The van der Waals surface area contributed by atoms with E-state index in [0.717, 1.165) is 0 Å². The summed E-state index contributed by atoms with van der Waals surface area (Å²) in [5, 5.41) is 11.1. The van der Waals surface area contributed by atoms with E-state index in [1.807, 2.05) is 0 Å². The summed E-state index contributed by atoms with van der Waals surface area (Å²) in [6.45, 7) is -0.153. The Balaban J connectivity index is 1.76. The van der Waals surface area contributed by atoms with Crippen LogP contribution in [0, 0.1) is 0 Å². The Morgan fingerprint density at radius 3 is 3.04 bits per heavy atom. The average Bonchev–Trinajstić information content (AvgIpc) is 2.97. The molecule has 2 aromatic heterocycles. The Hall–Kier alpha value is -1.07. The number of aliphatic hydroxyl groups excluding tert-OH is 1. The standard InChI is InChI=1S/C11H12BrN4O6P/c12-6-1-4-9(13)14-3-15-10(4)16(6)11-7(17)8-5(21-11)2-20-23(18,19)22-8/h1,3,5,7-8,11,17H,2H2,(H,18,19)(H2,13,14,15)/t5-,7-,8-,11-/m1/s1. The summed E-state index contributed by atoms with van der Waals surface area (Å²) in [5.74, 6) is 0.291. The third kappa shape index (κ3) is 2.40. The van der Waals surface area contributed by atoms with Gasteiger partial charge in [-0.05, 0) is 22.0 Å². The highest BCUT2D eigenvalue weighted by Crippen LogP contribution is 2.53. The van der Waals surface area contributed by atoms with E-state index in [0.29, 0.717) is 21.5 Å². The maximum atomic E-state index is 11.5. The maximum absolute atomic E-state index is 11.5. The van der Waals surface area contributed by atoms with E-state index >= 15 is 0 Å². The molecular weight excluding hydrogens is 395 g/mol. The number of phosphoric acid groups is 1. The fraction of sp³-hybridized carbons (Fsp3) is 0.455. The van der Waals surface area contributed by atoms with Crippen molar-refractivity contribution in [3.8, 4) is 0 Å². The van der Waals surface area contributed by atoms with Crippen LogP contribution in [-0.2, 0) is 18.3 Å². The molecule has 4 heterocycles. The summed E-state index contributed by atoms with van der Waals surface area (Å²) in [6.07, 6.45) is -2.42. The first kappa shape index (κ1) is 15.5. The van der Waals surface area contributed by atoms with E-state index in [2.05, 4.69) is 25.9 Å². The van der Waals surface area contributed by atoms with Gasteiger partial charge in [-0.2, -0.15) is 0 Å². The van der Waals surface area contributed by atoms with Gasteiger partial charge in [-0.25, -0.2) is 14.5 Å². The van der Waals surface area contributed by atoms with Crippen LogP contribution in [0.3, 0.4) is 0 Å². The molecular formula is C11H12BrN4O6P. The van der Waals surface area contributed by atoms with Crippen molar-refractivity contribution >= 4 is 40.6 Å². The van der Waals surface area contributed by atoms with Crippen LogP contribution < -0.4 is 5.73 Å². The fourth-order valence-electron chi connectivity index (χ4n) is 2.81. The van der Waals surface area contributed by atoms with Crippen LogP contribution in [-0.4, -0.2) is 49.5 Å². The summed E-state index contributed by atoms with van der Waals surface area (Å²) in [5.41, 5.74) is 6.28. The van der Waals surface area contributed by atoms with Gasteiger partial charge in [-0.15, -0.1) is 0 Å². The number of aliphatic hydroxyl groups is 1. The predicted octanol–water partition coefficient (Wildman–Crippen LogP) is 0.550. The van der Waals surface area contributed by atoms with Gasteiger partial charge in [0.2, 0.25) is 0 Å². The van der Waals surface area contributed by atoms with Gasteiger partial charge in [0.05, 0.1) is 16.6 Å². The smallest absolute Gasteiger partial charge is 0.386 e. The molecule has 12 heteroatoms. The van der Waals surface area contributed by atoms with Gasteiger partial charge in [-0.3, -0.25) is 13.6 Å². The molecule has 2 saturated heterocycles. The Kier molecular flexibility index (Phi) is 3.50. The molecule has 2 fully saturated rings. The molecule has 2 aromatic rings. The molecule has 0 radical (unpaired) electrons. The molecule has 0 aromatic carbocycles. The van der Waals surface area contributed by atoms with E-state index in [4.69, 9.17) is 19.5 Å². The van der Waals surface area contributed by atoms with Crippen LogP contribution in [0.4, 0.5) is 5.82 Å². The van der Waals surface area contributed by atoms with Gasteiger partial charge in [-0.1, -0.05) is 0 Å². The lowest BCUT2D eigenvalue weighted by Crippen LogP contribution is -2.39. The predicted molar refractivity (Wildman–Crippen MR) is 80.2 cm³/mol. The first-order valence-corrected chi connectivity index (χ1v) is 8.92. The van der Waals surface area contributed by atoms with Crippen molar-refractivity contribution in [2.24, 2.45) is 0 Å². The molecule has 10 nitrogen and oxygen atoms in total. The van der Waals surface area contributed by atoms with E-state index in [1.54, 1.807) is 10.6 Å². The summed E-state index contributed by atoms with van der Waals surface area (Å²) in [6, 6.07) is 1.71. The normalized spacial score (nSPS) is 37.2. The third-order valence-electron chi connectivity index (χ3n) is 3.84. The second kappa shape index (κ2) is 5.21. The number of nitrogens with two attached hydrogens (primary N) is 1. The minimum absolute atomic E-state index is 0.153. The zero-order chi connectivity index (χ0) is 16.4. The van der Waals surface area contributed by atoms with Crippen molar-refractivity contribution in [2.45, 2.75) is 24.5 Å². The zero-order valence-electron chi connectivity index (χ0n) is 11.4. The molecule has 4 N–H and O–H groups in total. The van der Waals surface area contributed by atoms with Crippen molar-refractivity contribution in [1.82, 2.24) is 14.5 Å². The minimum atomic E-state index is -4.17. The molecule has 0 spiro atoms. The number of fused-ring (bicyclic) bond motifs is 2. The van der Waals surface area contributed by atoms with Crippen molar-refractivity contribution in [3.05, 3.63) is 17.0 Å². The fourth-order valence-corrected chi connectivity index (χ4v) is 4.37. The Labute approximate surface area is 137 Å². The van der Waals surface area contributed by atoms with Crippen molar-refractivity contribution < 1.29 is 28.3 Å². The van der Waals surface area contributed by atoms with E-state index in [9.17, 15) is 14.6 Å². The molecule has 2 aliphatic heterocycles. The van der Waals surface area contributed by atoms with E-state index in [-0.39, 0.29) is 6.61 Å². The number of phosphoric ester groups is 1. The van der Waals surface area contributed by atoms with Crippen LogP contribution in [0.5, 0.6) is 0 Å². The highest BCUT2D eigenvalue weighted by molar-refractivity contribution is 9.10. The second-order valence-corrected chi connectivity index (χ2v) is 7.44. The Morgan fingerprint density at radius 1 is 1.48 bits per heavy atom. The number of nitrogens with zero attached hydrogens (tertiary/aromatic N) is 3. The summed E-state index contributed by atoms with van der Waals surface area (Å²) < 4.78 is 29.1. The van der Waals surface area contributed by atoms with Gasteiger partial charge in [0.15, 0.2) is 6.23 Å². The van der Waals surface area contributed by atoms with Crippen molar-refractivity contribution in [1.29, 1.82) is 0 Å². The number of hydrogen-bond acceptors (Lipinski definition) is 8. The van der Waals surface area contributed by atoms with Gasteiger partial charge in [0.25, 0.3) is 0 Å². The van der Waals surface area contributed by atoms with Crippen molar-refractivity contribution in [2.75, 3.05) is 12.3 Å². The lowest BCUT2D eigenvalue weighted by atomic mass is 10.1. The Bertz CT molecular complexity index is 830. The van der Waals surface area contributed by atoms with Crippen LogP contribution in [0.25, 0.3) is 11.0 Å². The summed E-state index contributed by atoms with van der Waals surface area (Å²) in [7, 11) is -4.17. The largest absolute Gasteiger partial charge is 0.472 e. The first-order valence-electron chi connectivity index (χ1n) is 6.63. The molecule has 5 atom stereocenters. The minimum Gasteiger partial charge on any atom is -0.386 e. The number of rotatable bonds is 1. The number of halogens is 1. The summed E-state index contributed by atoms with van der Waals surface area (Å²) >= 11 is 3.38. The quantitative estimate of drug-likeness (QED) is 0.578. The average molecular weight is 407 g/mol. The first-order chi connectivity index (χ1) is 10.9. The number of nitrogen functional groups attached to an aromatic ring is 1. The van der Waals surface area contributed by atoms with Gasteiger partial charge in [0, 0.05) is 0 Å². The number of hydrogen-bond donors (Lipinski definition) is 3. The maximum Gasteiger partial charge on any atom is 0.472 e. The topological polar surface area (TPSA) is 142 Å². The third-order valence-corrected chi connectivity index (χ3v) is 5.43. The molecule has 124 valence electrons. The van der Waals surface area contributed by atoms with Gasteiger partial charge < -0.3 is 20.5 Å². The molecule has 0 bridgehead atoms. The van der Waals surface area contributed by atoms with Gasteiger partial charge >= 0.3 is 7.82 Å². The van der Waals surface area contributed by atoms with E-state index in [1.165, 1.54) is 6.33 Å². The Morgan fingerprint density at radius 2 is 2.26 bits per heavy atom. The number of aromatic nitrogens is 3. The summed E-state index contributed by atoms with van der Waals surface area (Å²) in [4.78, 5) is 17.5. The molecule has 2 aliphatic rings. The van der Waals surface area contributed by atoms with Crippen LogP contribution in [0.1, 0.15) is 6.23 Å². The van der Waals surface area contributed by atoms with Crippen LogP contribution in [0.15, 0.2) is 17.0 Å². The lowest BCUT2D eigenvalue weighted by Gasteiger charge is -2.27. The van der Waals surface area contributed by atoms with Gasteiger partial charge in [0.1, 0.15) is 36.1 Å². The number of anilines is 1. The molecule has 0 saturated carbocycles. The SMILES string of the molecule is Nc1ncnc2c1cc(Br)n2[C@@H]1O[C@@H]2COP(=O)(O)O[C@H]2[C@H]1O. The van der Waals surface area contributed by atoms with Crippen molar-refractivity contribution in [3.63, 3.8) is 0 Å². The van der Waals surface area contributed by atoms with E-state index < -0.39 is 32.4 Å². The molecule has 4 rings (SSSR count). The van der Waals surface area contributed by atoms with Crippen LogP contribution in [0.2, 0.25) is 0 Å². The highest BCUT2D eigenvalue weighted by Gasteiger charge is 2.52. The molecule has 23 heavy (non-hydrogen) atoms.